The van der Waals surface area contributed by atoms with Gasteiger partial charge in [0.1, 0.15) is 6.04 Å². The van der Waals surface area contributed by atoms with Crippen molar-refractivity contribution in [2.24, 2.45) is 0 Å². The molecule has 2 amide bonds. The molecular formula is C27H29N3O4S. The molecular weight excluding hydrogens is 462 g/mol. The lowest BCUT2D eigenvalue weighted by atomic mass is 10.0. The van der Waals surface area contributed by atoms with Gasteiger partial charge < -0.3 is 10.2 Å². The Morgan fingerprint density at radius 2 is 1.63 bits per heavy atom. The van der Waals surface area contributed by atoms with Crippen LogP contribution in [0.1, 0.15) is 36.6 Å². The van der Waals surface area contributed by atoms with Crippen molar-refractivity contribution in [2.75, 3.05) is 11.4 Å². The van der Waals surface area contributed by atoms with Crippen LogP contribution >= 0.6 is 0 Å². The fourth-order valence-corrected chi connectivity index (χ4v) is 5.55. The largest absolute Gasteiger partial charge is 0.348 e. The standard InChI is InChI=1S/C27H29N3O4S/c1-19(22-11-7-4-8-12-22)28-27(32)25(17-21-9-5-3-6-10-21)29-35(33,34)24-13-14-26-23(18-24)15-16-30(26)20(2)31/h3-14,18-19,25,29H,15-17H2,1-2H3,(H,28,32). The van der Waals surface area contributed by atoms with Gasteiger partial charge in [-0.15, -0.1) is 0 Å². The SMILES string of the molecule is CC(=O)N1CCc2cc(S(=O)(=O)NC(Cc3ccccc3)C(=O)NC(C)c3ccccc3)ccc21. The number of nitrogens with zero attached hydrogens (tertiary/aromatic N) is 1. The number of sulfonamides is 1. The second-order valence-corrected chi connectivity index (χ2v) is 10.4. The number of fused-ring (bicyclic) bond motifs is 1. The molecule has 0 saturated carbocycles. The van der Waals surface area contributed by atoms with E-state index in [9.17, 15) is 18.0 Å². The molecule has 0 bridgehead atoms. The van der Waals surface area contributed by atoms with Crippen LogP contribution in [-0.4, -0.2) is 32.8 Å². The first-order valence-electron chi connectivity index (χ1n) is 11.6. The van der Waals surface area contributed by atoms with E-state index in [0.717, 1.165) is 22.4 Å². The van der Waals surface area contributed by atoms with Gasteiger partial charge in [0.15, 0.2) is 0 Å². The van der Waals surface area contributed by atoms with Gasteiger partial charge in [-0.3, -0.25) is 9.59 Å². The molecule has 182 valence electrons. The number of amides is 2. The summed E-state index contributed by atoms with van der Waals surface area (Å²) in [5.41, 5.74) is 3.29. The summed E-state index contributed by atoms with van der Waals surface area (Å²) in [6, 6.07) is 22.2. The van der Waals surface area contributed by atoms with E-state index in [4.69, 9.17) is 0 Å². The highest BCUT2D eigenvalue weighted by atomic mass is 32.2. The molecule has 0 aliphatic carbocycles. The minimum atomic E-state index is -4.00. The fraction of sp³-hybridized carbons (Fsp3) is 0.259. The van der Waals surface area contributed by atoms with Crippen LogP contribution in [-0.2, 0) is 32.5 Å². The van der Waals surface area contributed by atoms with Gasteiger partial charge in [-0.05, 0) is 54.7 Å². The Labute approximate surface area is 206 Å². The average Bonchev–Trinajstić information content (AvgIpc) is 3.28. The van der Waals surface area contributed by atoms with Crippen molar-refractivity contribution in [1.82, 2.24) is 10.0 Å². The molecule has 4 rings (SSSR count). The van der Waals surface area contributed by atoms with E-state index in [1.807, 2.05) is 67.6 Å². The second kappa shape index (κ2) is 10.4. The van der Waals surface area contributed by atoms with Gasteiger partial charge in [-0.2, -0.15) is 4.72 Å². The van der Waals surface area contributed by atoms with Gasteiger partial charge in [0, 0.05) is 19.2 Å². The molecule has 7 nitrogen and oxygen atoms in total. The number of nitrogens with one attached hydrogen (secondary N) is 2. The van der Waals surface area contributed by atoms with Gasteiger partial charge >= 0.3 is 0 Å². The number of rotatable bonds is 8. The Kier molecular flexibility index (Phi) is 7.33. The van der Waals surface area contributed by atoms with Crippen molar-refractivity contribution >= 4 is 27.5 Å². The molecule has 3 aromatic rings. The molecule has 0 spiro atoms. The Morgan fingerprint density at radius 1 is 0.971 bits per heavy atom. The lowest BCUT2D eigenvalue weighted by Gasteiger charge is -2.22. The fourth-order valence-electron chi connectivity index (χ4n) is 4.30. The summed E-state index contributed by atoms with van der Waals surface area (Å²) in [5.74, 6) is -0.484. The van der Waals surface area contributed by atoms with E-state index < -0.39 is 22.0 Å². The molecule has 2 unspecified atom stereocenters. The normalized spacial score (nSPS) is 14.7. The number of hydrogen-bond acceptors (Lipinski definition) is 4. The molecule has 2 atom stereocenters. The molecule has 8 heteroatoms. The predicted octanol–water partition coefficient (Wildman–Crippen LogP) is 3.36. The minimum absolute atomic E-state index is 0.0728. The molecule has 1 aliphatic heterocycles. The summed E-state index contributed by atoms with van der Waals surface area (Å²) in [6.07, 6.45) is 0.789. The van der Waals surface area contributed by atoms with Crippen LogP contribution in [0.2, 0.25) is 0 Å². The predicted molar refractivity (Wildman–Crippen MR) is 135 cm³/mol. The van der Waals surface area contributed by atoms with E-state index in [2.05, 4.69) is 10.0 Å². The Hall–Kier alpha value is -3.49. The highest BCUT2D eigenvalue weighted by Crippen LogP contribution is 2.30. The van der Waals surface area contributed by atoms with Gasteiger partial charge in [0.25, 0.3) is 0 Å². The third kappa shape index (κ3) is 5.78. The van der Waals surface area contributed by atoms with E-state index in [1.165, 1.54) is 13.0 Å². The van der Waals surface area contributed by atoms with Crippen molar-refractivity contribution in [1.29, 1.82) is 0 Å². The summed E-state index contributed by atoms with van der Waals surface area (Å²) in [5, 5.41) is 2.94. The quantitative estimate of drug-likeness (QED) is 0.505. The van der Waals surface area contributed by atoms with Crippen LogP contribution in [0.4, 0.5) is 5.69 Å². The number of carbonyl (C=O) groups excluding carboxylic acids is 2. The van der Waals surface area contributed by atoms with E-state index in [1.54, 1.807) is 17.0 Å². The molecule has 1 heterocycles. The Morgan fingerprint density at radius 3 is 2.29 bits per heavy atom. The molecule has 2 N–H and O–H groups in total. The summed E-state index contributed by atoms with van der Waals surface area (Å²) < 4.78 is 29.3. The molecule has 35 heavy (non-hydrogen) atoms. The van der Waals surface area contributed by atoms with Crippen LogP contribution in [0, 0.1) is 0 Å². The van der Waals surface area contributed by atoms with E-state index in [-0.39, 0.29) is 23.3 Å². The van der Waals surface area contributed by atoms with Crippen molar-refractivity contribution in [3.8, 4) is 0 Å². The van der Waals surface area contributed by atoms with Crippen molar-refractivity contribution < 1.29 is 18.0 Å². The molecule has 3 aromatic carbocycles. The van der Waals surface area contributed by atoms with E-state index >= 15 is 0 Å². The highest BCUT2D eigenvalue weighted by molar-refractivity contribution is 7.89. The smallest absolute Gasteiger partial charge is 0.241 e. The number of carbonyl (C=O) groups is 2. The zero-order valence-electron chi connectivity index (χ0n) is 19.8. The van der Waals surface area contributed by atoms with Crippen molar-refractivity contribution in [3.63, 3.8) is 0 Å². The maximum atomic E-state index is 13.3. The first kappa shape index (κ1) is 24.6. The van der Waals surface area contributed by atoms with Crippen LogP contribution < -0.4 is 14.9 Å². The first-order chi connectivity index (χ1) is 16.7. The monoisotopic (exact) mass is 491 g/mol. The maximum absolute atomic E-state index is 13.3. The third-order valence-corrected chi connectivity index (χ3v) is 7.66. The van der Waals surface area contributed by atoms with Gasteiger partial charge in [0.2, 0.25) is 21.8 Å². The van der Waals surface area contributed by atoms with Crippen LogP contribution in [0.25, 0.3) is 0 Å². The molecule has 0 radical (unpaired) electrons. The van der Waals surface area contributed by atoms with Gasteiger partial charge in [0.05, 0.1) is 10.9 Å². The molecule has 0 saturated heterocycles. The zero-order valence-corrected chi connectivity index (χ0v) is 20.6. The summed E-state index contributed by atoms with van der Waals surface area (Å²) >= 11 is 0. The Balaban J connectivity index is 1.57. The van der Waals surface area contributed by atoms with Gasteiger partial charge in [-0.25, -0.2) is 8.42 Å². The molecule has 1 aliphatic rings. The average molecular weight is 492 g/mol. The third-order valence-electron chi connectivity index (χ3n) is 6.19. The number of benzene rings is 3. The summed E-state index contributed by atoms with van der Waals surface area (Å²) in [4.78, 5) is 26.8. The first-order valence-corrected chi connectivity index (χ1v) is 13.1. The van der Waals surface area contributed by atoms with Gasteiger partial charge in [-0.1, -0.05) is 60.7 Å². The highest BCUT2D eigenvalue weighted by Gasteiger charge is 2.29. The topological polar surface area (TPSA) is 95.6 Å². The van der Waals surface area contributed by atoms with Crippen LogP contribution in [0.5, 0.6) is 0 Å². The number of hydrogen-bond donors (Lipinski definition) is 2. The van der Waals surface area contributed by atoms with Crippen molar-refractivity contribution in [3.05, 3.63) is 95.6 Å². The zero-order chi connectivity index (χ0) is 25.0. The lowest BCUT2D eigenvalue weighted by molar-refractivity contribution is -0.123. The lowest BCUT2D eigenvalue weighted by Crippen LogP contribution is -2.48. The second-order valence-electron chi connectivity index (χ2n) is 8.72. The van der Waals surface area contributed by atoms with Crippen LogP contribution in [0.3, 0.4) is 0 Å². The maximum Gasteiger partial charge on any atom is 0.241 e. The van der Waals surface area contributed by atoms with Crippen LogP contribution in [0.15, 0.2) is 83.8 Å². The van der Waals surface area contributed by atoms with E-state index in [0.29, 0.717) is 13.0 Å². The summed E-state index contributed by atoms with van der Waals surface area (Å²) in [7, 11) is -4.00. The minimum Gasteiger partial charge on any atom is -0.348 e. The summed E-state index contributed by atoms with van der Waals surface area (Å²) in [6.45, 7) is 3.88. The number of anilines is 1. The Bertz CT molecular complexity index is 1310. The molecule has 0 aromatic heterocycles. The molecule has 0 fully saturated rings. The van der Waals surface area contributed by atoms with Crippen molar-refractivity contribution in [2.45, 2.75) is 43.7 Å².